The summed E-state index contributed by atoms with van der Waals surface area (Å²) in [7, 11) is 5.42. The normalized spacial score (nSPS) is 24.6. The van der Waals surface area contributed by atoms with Crippen LogP contribution in [-0.2, 0) is 4.74 Å². The van der Waals surface area contributed by atoms with E-state index < -0.39 is 0 Å². The van der Waals surface area contributed by atoms with Crippen LogP contribution in [0.4, 0.5) is 0 Å². The van der Waals surface area contributed by atoms with Gasteiger partial charge in [0.05, 0.1) is 26.4 Å². The van der Waals surface area contributed by atoms with E-state index in [1.165, 1.54) is 5.56 Å². The molecule has 0 N–H and O–H groups in total. The van der Waals surface area contributed by atoms with E-state index in [2.05, 4.69) is 43.1 Å². The number of hydrogen-bond donors (Lipinski definition) is 0. The quantitative estimate of drug-likeness (QED) is 0.859. The highest BCUT2D eigenvalue weighted by Gasteiger charge is 2.40. The van der Waals surface area contributed by atoms with E-state index in [-0.39, 0.29) is 18.4 Å². The SMILES string of the molecule is COc1ccc(C2O[C@@H](C)C(c3ccccc3)N2C)c(OC)c1. The molecule has 23 heavy (non-hydrogen) atoms. The predicted octanol–water partition coefficient (Wildman–Crippen LogP) is 3.79. The molecular formula is C19H23NO3. The van der Waals surface area contributed by atoms with E-state index in [0.29, 0.717) is 0 Å². The summed E-state index contributed by atoms with van der Waals surface area (Å²) in [5.41, 5.74) is 2.28. The van der Waals surface area contributed by atoms with Gasteiger partial charge in [-0.2, -0.15) is 0 Å². The van der Waals surface area contributed by atoms with Crippen molar-refractivity contribution in [2.45, 2.75) is 25.3 Å². The minimum absolute atomic E-state index is 0.0965. The van der Waals surface area contributed by atoms with Gasteiger partial charge in [-0.1, -0.05) is 30.3 Å². The fourth-order valence-corrected chi connectivity index (χ4v) is 3.32. The molecule has 1 saturated heterocycles. The van der Waals surface area contributed by atoms with Gasteiger partial charge in [-0.05, 0) is 31.7 Å². The van der Waals surface area contributed by atoms with Crippen molar-refractivity contribution in [3.8, 4) is 11.5 Å². The Labute approximate surface area is 137 Å². The summed E-state index contributed by atoms with van der Waals surface area (Å²) in [5, 5.41) is 0. The maximum atomic E-state index is 6.25. The zero-order valence-corrected chi connectivity index (χ0v) is 14.0. The molecule has 1 fully saturated rings. The summed E-state index contributed by atoms with van der Waals surface area (Å²) in [6.45, 7) is 2.12. The van der Waals surface area contributed by atoms with Crippen LogP contribution in [-0.4, -0.2) is 32.3 Å². The maximum absolute atomic E-state index is 6.25. The Morgan fingerprint density at radius 1 is 1.00 bits per heavy atom. The molecule has 4 nitrogen and oxygen atoms in total. The zero-order valence-electron chi connectivity index (χ0n) is 14.0. The zero-order chi connectivity index (χ0) is 16.4. The number of benzene rings is 2. The van der Waals surface area contributed by atoms with Gasteiger partial charge in [0, 0.05) is 11.6 Å². The third-order valence-electron chi connectivity index (χ3n) is 4.44. The van der Waals surface area contributed by atoms with Gasteiger partial charge in [0.1, 0.15) is 17.7 Å². The van der Waals surface area contributed by atoms with Crippen molar-refractivity contribution in [1.29, 1.82) is 0 Å². The average Bonchev–Trinajstić information content (AvgIpc) is 2.89. The van der Waals surface area contributed by atoms with Crippen molar-refractivity contribution < 1.29 is 14.2 Å². The second kappa shape index (κ2) is 6.60. The summed E-state index contributed by atoms with van der Waals surface area (Å²) in [4.78, 5) is 2.25. The van der Waals surface area contributed by atoms with Gasteiger partial charge >= 0.3 is 0 Å². The second-order valence-corrected chi connectivity index (χ2v) is 5.82. The Bertz CT molecular complexity index is 659. The van der Waals surface area contributed by atoms with Crippen LogP contribution in [0.15, 0.2) is 48.5 Å². The molecule has 3 rings (SSSR count). The largest absolute Gasteiger partial charge is 0.497 e. The molecule has 3 atom stereocenters. The van der Waals surface area contributed by atoms with E-state index in [4.69, 9.17) is 14.2 Å². The van der Waals surface area contributed by atoms with Crippen LogP contribution < -0.4 is 9.47 Å². The standard InChI is InChI=1S/C19H23NO3/c1-13-18(14-8-6-5-7-9-14)20(2)19(23-13)16-11-10-15(21-3)12-17(16)22-4/h5-13,18-19H,1-4H3/t13-,18?,19?/m0/s1. The predicted molar refractivity (Wildman–Crippen MR) is 89.8 cm³/mol. The lowest BCUT2D eigenvalue weighted by Gasteiger charge is -2.25. The molecule has 4 heteroatoms. The van der Waals surface area contributed by atoms with Gasteiger partial charge in [-0.15, -0.1) is 0 Å². The number of hydrogen-bond acceptors (Lipinski definition) is 4. The van der Waals surface area contributed by atoms with Gasteiger partial charge in [-0.3, -0.25) is 4.90 Å². The van der Waals surface area contributed by atoms with Crippen molar-refractivity contribution in [2.75, 3.05) is 21.3 Å². The van der Waals surface area contributed by atoms with Crippen LogP contribution in [0.5, 0.6) is 11.5 Å². The van der Waals surface area contributed by atoms with E-state index >= 15 is 0 Å². The monoisotopic (exact) mass is 313 g/mol. The van der Waals surface area contributed by atoms with Crippen molar-refractivity contribution >= 4 is 0 Å². The lowest BCUT2D eigenvalue weighted by molar-refractivity contribution is 0.0116. The van der Waals surface area contributed by atoms with Crippen LogP contribution in [0, 0.1) is 0 Å². The molecule has 0 spiro atoms. The molecule has 0 bridgehead atoms. The first-order chi connectivity index (χ1) is 11.2. The van der Waals surface area contributed by atoms with Gasteiger partial charge < -0.3 is 14.2 Å². The number of rotatable bonds is 4. The maximum Gasteiger partial charge on any atom is 0.141 e. The number of likely N-dealkylation sites (N-methyl/N-ethyl adjacent to an activating group) is 1. The number of methoxy groups -OCH3 is 2. The Balaban J connectivity index is 1.93. The molecule has 2 aromatic rings. The molecular weight excluding hydrogens is 290 g/mol. The third-order valence-corrected chi connectivity index (χ3v) is 4.44. The highest BCUT2D eigenvalue weighted by molar-refractivity contribution is 5.42. The van der Waals surface area contributed by atoms with Gasteiger partial charge in [-0.25, -0.2) is 0 Å². The lowest BCUT2D eigenvalue weighted by Crippen LogP contribution is -2.24. The fourth-order valence-electron chi connectivity index (χ4n) is 3.32. The second-order valence-electron chi connectivity index (χ2n) is 5.82. The highest BCUT2D eigenvalue weighted by Crippen LogP contribution is 2.44. The molecule has 0 aromatic heterocycles. The smallest absolute Gasteiger partial charge is 0.141 e. The molecule has 0 saturated carbocycles. The summed E-state index contributed by atoms with van der Waals surface area (Å²) < 4.78 is 17.1. The minimum Gasteiger partial charge on any atom is -0.497 e. The first-order valence-electron chi connectivity index (χ1n) is 7.80. The Hall–Kier alpha value is -2.04. The summed E-state index contributed by atoms with van der Waals surface area (Å²) in [5.74, 6) is 1.56. The molecule has 1 aliphatic rings. The van der Waals surface area contributed by atoms with Crippen molar-refractivity contribution in [2.24, 2.45) is 0 Å². The van der Waals surface area contributed by atoms with Crippen LogP contribution in [0.1, 0.15) is 30.3 Å². The number of ether oxygens (including phenoxy) is 3. The van der Waals surface area contributed by atoms with E-state index in [1.54, 1.807) is 14.2 Å². The van der Waals surface area contributed by atoms with Gasteiger partial charge in [0.15, 0.2) is 0 Å². The third kappa shape index (κ3) is 2.92. The average molecular weight is 313 g/mol. The van der Waals surface area contributed by atoms with E-state index in [1.807, 2.05) is 24.3 Å². The molecule has 2 aromatic carbocycles. The van der Waals surface area contributed by atoms with Gasteiger partial charge in [0.25, 0.3) is 0 Å². The summed E-state index contributed by atoms with van der Waals surface area (Å²) in [6, 6.07) is 16.5. The Morgan fingerprint density at radius 2 is 1.74 bits per heavy atom. The highest BCUT2D eigenvalue weighted by atomic mass is 16.5. The van der Waals surface area contributed by atoms with Crippen molar-refractivity contribution in [3.05, 3.63) is 59.7 Å². The van der Waals surface area contributed by atoms with Gasteiger partial charge in [0.2, 0.25) is 0 Å². The summed E-state index contributed by atoms with van der Waals surface area (Å²) in [6.07, 6.45) is -0.0460. The van der Waals surface area contributed by atoms with Crippen LogP contribution in [0.3, 0.4) is 0 Å². The molecule has 1 heterocycles. The van der Waals surface area contributed by atoms with Crippen LogP contribution >= 0.6 is 0 Å². The Kier molecular flexibility index (Phi) is 4.55. The van der Waals surface area contributed by atoms with Crippen molar-refractivity contribution in [3.63, 3.8) is 0 Å². The Morgan fingerprint density at radius 3 is 2.39 bits per heavy atom. The molecule has 2 unspecified atom stereocenters. The molecule has 0 radical (unpaired) electrons. The first-order valence-corrected chi connectivity index (χ1v) is 7.80. The molecule has 0 aliphatic carbocycles. The molecule has 1 aliphatic heterocycles. The summed E-state index contributed by atoms with van der Waals surface area (Å²) >= 11 is 0. The minimum atomic E-state index is -0.143. The fraction of sp³-hybridized carbons (Fsp3) is 0.368. The van der Waals surface area contributed by atoms with Crippen LogP contribution in [0.2, 0.25) is 0 Å². The van der Waals surface area contributed by atoms with Crippen LogP contribution in [0.25, 0.3) is 0 Å². The molecule has 122 valence electrons. The topological polar surface area (TPSA) is 30.9 Å². The number of nitrogens with zero attached hydrogens (tertiary/aromatic N) is 1. The van der Waals surface area contributed by atoms with Crippen molar-refractivity contribution in [1.82, 2.24) is 4.90 Å². The molecule has 0 amide bonds. The first kappa shape index (κ1) is 15.8. The van der Waals surface area contributed by atoms with E-state index in [0.717, 1.165) is 17.1 Å². The van der Waals surface area contributed by atoms with E-state index in [9.17, 15) is 0 Å². The lowest BCUT2D eigenvalue weighted by atomic mass is 10.0.